The Labute approximate surface area is 334 Å². The van der Waals surface area contributed by atoms with E-state index in [1.165, 1.54) is 44.6 Å². The Morgan fingerprint density at radius 2 is 0.930 bits per heavy atom. The molecule has 4 heterocycles. The summed E-state index contributed by atoms with van der Waals surface area (Å²) in [7, 11) is 0. The third-order valence-electron chi connectivity index (χ3n) is 13.1. The maximum Gasteiger partial charge on any atom is 0.179 e. The Balaban J connectivity index is 1.28. The second-order valence-corrected chi connectivity index (χ2v) is 15.7. The first-order chi connectivity index (χ1) is 28.1. The van der Waals surface area contributed by atoms with E-state index in [-0.39, 0.29) is 23.7 Å². The third kappa shape index (κ3) is 4.83. The maximum atomic E-state index is 5.55. The third-order valence-corrected chi connectivity index (χ3v) is 13.1. The van der Waals surface area contributed by atoms with Crippen LogP contribution >= 0.6 is 0 Å². The number of rotatable bonds is 6. The highest BCUT2D eigenvalue weighted by atomic mass is 15.5. The lowest BCUT2D eigenvalue weighted by Gasteiger charge is -2.57. The lowest BCUT2D eigenvalue weighted by atomic mass is 9.61. The lowest BCUT2D eigenvalue weighted by Crippen LogP contribution is -2.65. The van der Waals surface area contributed by atoms with Crippen LogP contribution in [0.3, 0.4) is 0 Å². The second-order valence-electron chi connectivity index (χ2n) is 15.7. The maximum absolute atomic E-state index is 5.55. The van der Waals surface area contributed by atoms with Gasteiger partial charge in [0.25, 0.3) is 0 Å². The molecule has 0 radical (unpaired) electrons. The second kappa shape index (κ2) is 13.0. The zero-order valence-corrected chi connectivity index (χ0v) is 32.5. The number of hydrogen-bond donors (Lipinski definition) is 0. The van der Waals surface area contributed by atoms with Crippen LogP contribution in [-0.2, 0) is 5.41 Å². The standard InChI is InChI=1S/C51H44N6/c1-4-51(5-2)39-27-15-19-31-43(39)56-45-33-36-22-14-13-21-35(36)32-44(45)54(37-23-8-6-9-24-37)49(56)46(51)50-55(38-25-10-7-11-26-38)47-48(53-41-29-17-16-28-40(41)52-47)57(50)42-30-18-12-20-34(42)3/h6-33,46,49-50H,4-5H2,1-3H3. The van der Waals surface area contributed by atoms with Crippen LogP contribution < -0.4 is 19.6 Å². The van der Waals surface area contributed by atoms with Gasteiger partial charge >= 0.3 is 0 Å². The number of aromatic nitrogens is 2. The molecule has 0 N–H and O–H groups in total. The van der Waals surface area contributed by atoms with Crippen molar-refractivity contribution in [2.75, 3.05) is 19.6 Å². The molecule has 0 amide bonds. The van der Waals surface area contributed by atoms with Crippen molar-refractivity contribution in [3.63, 3.8) is 0 Å². The Hall–Kier alpha value is -6.66. The molecule has 6 nitrogen and oxygen atoms in total. The molecule has 0 aliphatic carbocycles. The molecule has 278 valence electrons. The normalized spacial score (nSPS) is 19.1. The van der Waals surface area contributed by atoms with Crippen molar-refractivity contribution in [1.82, 2.24) is 9.97 Å². The molecular weight excluding hydrogens is 697 g/mol. The van der Waals surface area contributed by atoms with Crippen molar-refractivity contribution in [3.05, 3.63) is 181 Å². The van der Waals surface area contributed by atoms with Crippen molar-refractivity contribution in [2.24, 2.45) is 5.92 Å². The fourth-order valence-electron chi connectivity index (χ4n) is 10.5. The SMILES string of the molecule is CCC1(CC)c2ccccc2N2c3cc4ccccc4cc3N(c3ccccc3)C2C1C1N(c2ccccc2)c2nc3ccccc3nc2N1c1ccccc1C. The predicted molar refractivity (Wildman–Crippen MR) is 236 cm³/mol. The summed E-state index contributed by atoms with van der Waals surface area (Å²) in [5.41, 5.74) is 11.3. The molecule has 11 rings (SSSR count). The molecule has 0 fully saturated rings. The van der Waals surface area contributed by atoms with Gasteiger partial charge in [-0.05, 0) is 102 Å². The van der Waals surface area contributed by atoms with Crippen LogP contribution in [0.2, 0.25) is 0 Å². The first kappa shape index (κ1) is 33.7. The number of nitrogens with zero attached hydrogens (tertiary/aromatic N) is 6. The van der Waals surface area contributed by atoms with E-state index < -0.39 is 0 Å². The van der Waals surface area contributed by atoms with E-state index in [1.54, 1.807) is 0 Å². The molecule has 7 aromatic carbocycles. The van der Waals surface area contributed by atoms with Crippen LogP contribution in [0.15, 0.2) is 170 Å². The van der Waals surface area contributed by atoms with Crippen molar-refractivity contribution in [3.8, 4) is 0 Å². The van der Waals surface area contributed by atoms with Gasteiger partial charge in [0.1, 0.15) is 12.3 Å². The lowest BCUT2D eigenvalue weighted by molar-refractivity contribution is 0.171. The summed E-state index contributed by atoms with van der Waals surface area (Å²) >= 11 is 0. The highest BCUT2D eigenvalue weighted by Gasteiger charge is 2.62. The number of fused-ring (bicyclic) bond motifs is 8. The zero-order valence-electron chi connectivity index (χ0n) is 32.5. The molecule has 1 aromatic heterocycles. The van der Waals surface area contributed by atoms with Gasteiger partial charge in [0, 0.05) is 34.1 Å². The molecule has 57 heavy (non-hydrogen) atoms. The quantitative estimate of drug-likeness (QED) is 0.169. The van der Waals surface area contributed by atoms with Gasteiger partial charge in [0.05, 0.1) is 22.4 Å². The van der Waals surface area contributed by atoms with Crippen molar-refractivity contribution in [2.45, 2.75) is 51.4 Å². The van der Waals surface area contributed by atoms with Crippen molar-refractivity contribution < 1.29 is 0 Å². The van der Waals surface area contributed by atoms with E-state index in [2.05, 4.69) is 210 Å². The van der Waals surface area contributed by atoms with Gasteiger partial charge < -0.3 is 19.6 Å². The van der Waals surface area contributed by atoms with Crippen LogP contribution in [0, 0.1) is 12.8 Å². The number of anilines is 8. The molecule has 3 aliphatic heterocycles. The fraction of sp³-hybridized carbons (Fsp3) is 0.176. The topological polar surface area (TPSA) is 38.7 Å². The summed E-state index contributed by atoms with van der Waals surface area (Å²) < 4.78 is 0. The molecule has 6 heteroatoms. The van der Waals surface area contributed by atoms with Crippen LogP contribution in [-0.4, -0.2) is 22.3 Å². The molecule has 0 saturated heterocycles. The molecule has 3 unspecified atom stereocenters. The van der Waals surface area contributed by atoms with Gasteiger partial charge in [-0.2, -0.15) is 0 Å². The number of para-hydroxylation sites is 6. The highest BCUT2D eigenvalue weighted by molar-refractivity contribution is 6.00. The van der Waals surface area contributed by atoms with Gasteiger partial charge in [-0.25, -0.2) is 9.97 Å². The van der Waals surface area contributed by atoms with Crippen LogP contribution in [0.25, 0.3) is 21.8 Å². The zero-order chi connectivity index (χ0) is 38.3. The predicted octanol–water partition coefficient (Wildman–Crippen LogP) is 12.7. The van der Waals surface area contributed by atoms with Gasteiger partial charge in [0.15, 0.2) is 11.6 Å². The monoisotopic (exact) mass is 740 g/mol. The summed E-state index contributed by atoms with van der Waals surface area (Å²) in [6.45, 7) is 7.04. The smallest absolute Gasteiger partial charge is 0.179 e. The first-order valence-corrected chi connectivity index (χ1v) is 20.3. The Morgan fingerprint density at radius 1 is 0.456 bits per heavy atom. The number of aryl methyl sites for hydroxylation is 1. The Kier molecular flexibility index (Phi) is 7.65. The van der Waals surface area contributed by atoms with Gasteiger partial charge in [-0.3, -0.25) is 0 Å². The summed E-state index contributed by atoms with van der Waals surface area (Å²) in [5, 5.41) is 2.47. The molecule has 0 bridgehead atoms. The molecule has 3 atom stereocenters. The van der Waals surface area contributed by atoms with E-state index in [1.807, 2.05) is 0 Å². The number of benzene rings is 7. The average Bonchev–Trinajstić information content (AvgIpc) is 3.76. The number of hydrogen-bond acceptors (Lipinski definition) is 6. The van der Waals surface area contributed by atoms with E-state index in [9.17, 15) is 0 Å². The van der Waals surface area contributed by atoms with Gasteiger partial charge in [-0.1, -0.05) is 123 Å². The van der Waals surface area contributed by atoms with Crippen LogP contribution in [0.1, 0.15) is 37.8 Å². The molecular formula is C51H44N6. The first-order valence-electron chi connectivity index (χ1n) is 20.3. The molecule has 0 saturated carbocycles. The minimum Gasteiger partial charge on any atom is -0.318 e. The van der Waals surface area contributed by atoms with Gasteiger partial charge in [0.2, 0.25) is 0 Å². The minimum absolute atomic E-state index is 0.0166. The highest BCUT2D eigenvalue weighted by Crippen LogP contribution is 2.64. The Bertz CT molecular complexity index is 2800. The Morgan fingerprint density at radius 3 is 1.54 bits per heavy atom. The van der Waals surface area contributed by atoms with Crippen molar-refractivity contribution >= 4 is 67.6 Å². The van der Waals surface area contributed by atoms with Gasteiger partial charge in [-0.15, -0.1) is 0 Å². The summed E-state index contributed by atoms with van der Waals surface area (Å²) in [6, 6.07) is 62.0. The van der Waals surface area contributed by atoms with Crippen molar-refractivity contribution in [1.29, 1.82) is 0 Å². The molecule has 0 spiro atoms. The summed E-state index contributed by atoms with van der Waals surface area (Å²) in [6.07, 6.45) is 1.57. The fourth-order valence-corrected chi connectivity index (χ4v) is 10.5. The summed E-state index contributed by atoms with van der Waals surface area (Å²) in [4.78, 5) is 21.5. The van der Waals surface area contributed by atoms with E-state index >= 15 is 0 Å². The minimum atomic E-state index is -0.258. The van der Waals surface area contributed by atoms with Crippen LogP contribution in [0.4, 0.5) is 45.8 Å². The van der Waals surface area contributed by atoms with E-state index in [0.29, 0.717) is 0 Å². The van der Waals surface area contributed by atoms with Crippen LogP contribution in [0.5, 0.6) is 0 Å². The van der Waals surface area contributed by atoms with E-state index in [0.717, 1.165) is 46.9 Å². The molecule has 3 aliphatic rings. The van der Waals surface area contributed by atoms with E-state index in [4.69, 9.17) is 9.97 Å². The summed E-state index contributed by atoms with van der Waals surface area (Å²) in [5.74, 6) is 1.75. The molecule has 8 aromatic rings. The average molecular weight is 741 g/mol. The largest absolute Gasteiger partial charge is 0.318 e.